The average Bonchev–Trinajstić information content (AvgIpc) is 2.91. The van der Waals surface area contributed by atoms with Crippen LogP contribution < -0.4 is 0 Å². The minimum absolute atomic E-state index is 0.182. The number of phenolic OH excluding ortho intramolecular Hbond substituents is 1. The molecule has 0 aliphatic carbocycles. The molecule has 2 aromatic carbocycles. The topological polar surface area (TPSA) is 38.1 Å². The number of phenols is 1. The minimum Gasteiger partial charge on any atom is -0.507 e. The molecule has 0 amide bonds. The maximum atomic E-state index is 9.98. The first-order valence-electron chi connectivity index (χ1n) is 5.84. The summed E-state index contributed by atoms with van der Waals surface area (Å²) in [5.41, 5.74) is 2.39. The lowest BCUT2D eigenvalue weighted by atomic mass is 10.1. The Hall–Kier alpha value is -2.26. The highest BCUT2D eigenvalue weighted by atomic mass is 35.5. The molecule has 0 spiro atoms. The molecule has 0 bridgehead atoms. The molecule has 19 heavy (non-hydrogen) atoms. The molecule has 0 saturated carbocycles. The zero-order valence-electron chi connectivity index (χ0n) is 9.99. The molecule has 3 aromatic rings. The van der Waals surface area contributed by atoms with E-state index in [1.54, 1.807) is 29.1 Å². The first kappa shape index (κ1) is 11.8. The first-order valence-corrected chi connectivity index (χ1v) is 6.22. The van der Waals surface area contributed by atoms with E-state index in [1.165, 1.54) is 0 Å². The molecule has 0 unspecified atom stereocenters. The quantitative estimate of drug-likeness (QED) is 0.767. The highest BCUT2D eigenvalue weighted by molar-refractivity contribution is 6.30. The van der Waals surface area contributed by atoms with Crippen molar-refractivity contribution in [3.05, 3.63) is 65.8 Å². The van der Waals surface area contributed by atoms with Crippen molar-refractivity contribution in [3.8, 4) is 22.7 Å². The van der Waals surface area contributed by atoms with E-state index < -0.39 is 0 Å². The number of aromatic hydroxyl groups is 1. The zero-order chi connectivity index (χ0) is 13.2. The number of rotatable bonds is 2. The molecule has 0 atom stereocenters. The van der Waals surface area contributed by atoms with Crippen LogP contribution in [0, 0.1) is 0 Å². The van der Waals surface area contributed by atoms with E-state index in [-0.39, 0.29) is 5.75 Å². The monoisotopic (exact) mass is 270 g/mol. The van der Waals surface area contributed by atoms with Crippen molar-refractivity contribution >= 4 is 11.6 Å². The molecule has 1 aromatic heterocycles. The Morgan fingerprint density at radius 2 is 1.79 bits per heavy atom. The fourth-order valence-corrected chi connectivity index (χ4v) is 2.17. The van der Waals surface area contributed by atoms with Crippen LogP contribution in [0.1, 0.15) is 0 Å². The number of nitrogens with zero attached hydrogens (tertiary/aromatic N) is 2. The molecule has 0 aliphatic rings. The Morgan fingerprint density at radius 1 is 1.00 bits per heavy atom. The molecular weight excluding hydrogens is 260 g/mol. The standard InChI is InChI=1S/C15H11ClN2O/c16-11-6-7-15(19)13(10-11)14-8-9-17-18(14)12-4-2-1-3-5-12/h1-10,19H. The van der Waals surface area contributed by atoms with Crippen LogP contribution in [0.25, 0.3) is 16.9 Å². The number of hydrogen-bond donors (Lipinski definition) is 1. The highest BCUT2D eigenvalue weighted by Crippen LogP contribution is 2.32. The fraction of sp³-hybridized carbons (Fsp3) is 0. The van der Waals surface area contributed by atoms with Gasteiger partial charge in [0.15, 0.2) is 0 Å². The summed E-state index contributed by atoms with van der Waals surface area (Å²) in [6.45, 7) is 0. The van der Waals surface area contributed by atoms with E-state index in [4.69, 9.17) is 11.6 Å². The van der Waals surface area contributed by atoms with Crippen molar-refractivity contribution < 1.29 is 5.11 Å². The van der Waals surface area contributed by atoms with Gasteiger partial charge in [-0.15, -0.1) is 0 Å². The van der Waals surface area contributed by atoms with Crippen LogP contribution in [-0.2, 0) is 0 Å². The van der Waals surface area contributed by atoms with Crippen LogP contribution in [0.2, 0.25) is 5.02 Å². The van der Waals surface area contributed by atoms with Crippen LogP contribution in [-0.4, -0.2) is 14.9 Å². The van der Waals surface area contributed by atoms with Crippen molar-refractivity contribution in [2.24, 2.45) is 0 Å². The second kappa shape index (κ2) is 4.78. The predicted octanol–water partition coefficient (Wildman–Crippen LogP) is 3.90. The van der Waals surface area contributed by atoms with Gasteiger partial charge in [0, 0.05) is 10.6 Å². The number of benzene rings is 2. The number of hydrogen-bond acceptors (Lipinski definition) is 2. The molecule has 0 saturated heterocycles. The van der Waals surface area contributed by atoms with Crippen molar-refractivity contribution in [1.82, 2.24) is 9.78 Å². The van der Waals surface area contributed by atoms with Gasteiger partial charge in [0.05, 0.1) is 17.6 Å². The van der Waals surface area contributed by atoms with Crippen molar-refractivity contribution in [1.29, 1.82) is 0 Å². The van der Waals surface area contributed by atoms with Crippen molar-refractivity contribution in [3.63, 3.8) is 0 Å². The Labute approximate surface area is 115 Å². The molecule has 0 radical (unpaired) electrons. The van der Waals surface area contributed by atoms with Gasteiger partial charge in [-0.1, -0.05) is 29.8 Å². The van der Waals surface area contributed by atoms with Crippen molar-refractivity contribution in [2.75, 3.05) is 0 Å². The lowest BCUT2D eigenvalue weighted by Crippen LogP contribution is -1.98. The predicted molar refractivity (Wildman–Crippen MR) is 75.7 cm³/mol. The number of aromatic nitrogens is 2. The fourth-order valence-electron chi connectivity index (χ4n) is 2.00. The second-order valence-electron chi connectivity index (χ2n) is 4.13. The van der Waals surface area contributed by atoms with Crippen LogP contribution >= 0.6 is 11.6 Å². The van der Waals surface area contributed by atoms with E-state index in [9.17, 15) is 5.11 Å². The van der Waals surface area contributed by atoms with E-state index in [0.717, 1.165) is 11.4 Å². The average molecular weight is 271 g/mol. The van der Waals surface area contributed by atoms with Gasteiger partial charge in [0.2, 0.25) is 0 Å². The van der Waals surface area contributed by atoms with E-state index in [0.29, 0.717) is 10.6 Å². The molecule has 0 aliphatic heterocycles. The SMILES string of the molecule is Oc1ccc(Cl)cc1-c1ccnn1-c1ccccc1. The molecule has 0 fully saturated rings. The summed E-state index contributed by atoms with van der Waals surface area (Å²) in [5.74, 6) is 0.182. The zero-order valence-corrected chi connectivity index (χ0v) is 10.7. The summed E-state index contributed by atoms with van der Waals surface area (Å²) in [6.07, 6.45) is 1.70. The number of halogens is 1. The Bertz CT molecular complexity index is 707. The normalized spacial score (nSPS) is 10.6. The largest absolute Gasteiger partial charge is 0.507 e. The van der Waals surface area contributed by atoms with Crippen LogP contribution in [0.4, 0.5) is 0 Å². The molecule has 1 heterocycles. The van der Waals surface area contributed by atoms with Crippen LogP contribution in [0.15, 0.2) is 60.8 Å². The van der Waals surface area contributed by atoms with Gasteiger partial charge in [-0.25, -0.2) is 4.68 Å². The van der Waals surface area contributed by atoms with Crippen LogP contribution in [0.5, 0.6) is 5.75 Å². The van der Waals surface area contributed by atoms with Crippen LogP contribution in [0.3, 0.4) is 0 Å². The van der Waals surface area contributed by atoms with Gasteiger partial charge in [0.1, 0.15) is 5.75 Å². The Balaban J connectivity index is 2.18. The first-order chi connectivity index (χ1) is 9.25. The Kier molecular flexibility index (Phi) is 2.97. The summed E-state index contributed by atoms with van der Waals surface area (Å²) >= 11 is 5.99. The molecule has 94 valence electrons. The van der Waals surface area contributed by atoms with Gasteiger partial charge < -0.3 is 5.11 Å². The maximum absolute atomic E-state index is 9.98. The van der Waals surface area contributed by atoms with Gasteiger partial charge in [-0.05, 0) is 36.4 Å². The molecule has 3 nitrogen and oxygen atoms in total. The molecule has 4 heteroatoms. The summed E-state index contributed by atoms with van der Waals surface area (Å²) in [5, 5.41) is 14.9. The second-order valence-corrected chi connectivity index (χ2v) is 4.56. The maximum Gasteiger partial charge on any atom is 0.125 e. The summed E-state index contributed by atoms with van der Waals surface area (Å²) in [6, 6.07) is 16.6. The summed E-state index contributed by atoms with van der Waals surface area (Å²) in [7, 11) is 0. The third-order valence-corrected chi connectivity index (χ3v) is 3.11. The highest BCUT2D eigenvalue weighted by Gasteiger charge is 2.11. The smallest absolute Gasteiger partial charge is 0.125 e. The summed E-state index contributed by atoms with van der Waals surface area (Å²) < 4.78 is 1.77. The third kappa shape index (κ3) is 2.20. The number of para-hydroxylation sites is 1. The molecule has 3 rings (SSSR count). The lowest BCUT2D eigenvalue weighted by Gasteiger charge is -2.09. The van der Waals surface area contributed by atoms with Gasteiger partial charge in [0.25, 0.3) is 0 Å². The third-order valence-electron chi connectivity index (χ3n) is 2.88. The van der Waals surface area contributed by atoms with Crippen molar-refractivity contribution in [2.45, 2.75) is 0 Å². The minimum atomic E-state index is 0.182. The van der Waals surface area contributed by atoms with E-state index in [2.05, 4.69) is 5.10 Å². The van der Waals surface area contributed by atoms with E-state index in [1.807, 2.05) is 36.4 Å². The lowest BCUT2D eigenvalue weighted by molar-refractivity contribution is 0.477. The van der Waals surface area contributed by atoms with E-state index >= 15 is 0 Å². The molecular formula is C15H11ClN2O. The van der Waals surface area contributed by atoms with Gasteiger partial charge in [-0.2, -0.15) is 5.10 Å². The Morgan fingerprint density at radius 3 is 2.58 bits per heavy atom. The summed E-state index contributed by atoms with van der Waals surface area (Å²) in [4.78, 5) is 0. The van der Waals surface area contributed by atoms with Gasteiger partial charge >= 0.3 is 0 Å². The molecule has 1 N–H and O–H groups in total. The van der Waals surface area contributed by atoms with Gasteiger partial charge in [-0.3, -0.25) is 0 Å².